The lowest BCUT2D eigenvalue weighted by Gasteiger charge is -2.43. The fourth-order valence-electron chi connectivity index (χ4n) is 12.6. The van der Waals surface area contributed by atoms with Crippen LogP contribution in [0, 0.1) is 23.2 Å². The molecule has 410 valence electrons. The van der Waals surface area contributed by atoms with Crippen molar-refractivity contribution in [3.8, 4) is 29.0 Å². The van der Waals surface area contributed by atoms with Crippen LogP contribution in [0.15, 0.2) is 83.5 Å². The number of anilines is 4. The fourth-order valence-corrected chi connectivity index (χ4v) is 12.6. The van der Waals surface area contributed by atoms with Crippen molar-refractivity contribution in [2.75, 3.05) is 66.2 Å². The third-order valence-corrected chi connectivity index (χ3v) is 17.0. The molecule has 0 radical (unpaired) electrons. The quantitative estimate of drug-likeness (QED) is 0.0944. The lowest BCUT2D eigenvalue weighted by Crippen LogP contribution is -2.54. The van der Waals surface area contributed by atoms with E-state index in [0.717, 1.165) is 68.6 Å². The van der Waals surface area contributed by atoms with Gasteiger partial charge in [0.1, 0.15) is 23.8 Å². The first-order chi connectivity index (χ1) is 37.8. The summed E-state index contributed by atoms with van der Waals surface area (Å²) in [5.41, 5.74) is 10.9. The highest BCUT2D eigenvalue weighted by atomic mass is 16.5. The molecule has 3 amide bonds. The Bertz CT molecular complexity index is 2990. The van der Waals surface area contributed by atoms with Crippen LogP contribution in [0.1, 0.15) is 107 Å². The Morgan fingerprint density at radius 1 is 0.833 bits per heavy atom. The van der Waals surface area contributed by atoms with Crippen molar-refractivity contribution in [3.05, 3.63) is 95.9 Å². The molecule has 2 bridgehead atoms. The number of piperazine rings is 1. The maximum Gasteiger partial charge on any atom is 0.243 e. The number of carbonyl (C=O) groups is 3. The molecule has 5 aliphatic heterocycles. The van der Waals surface area contributed by atoms with E-state index in [4.69, 9.17) is 25.0 Å². The third kappa shape index (κ3) is 11.0. The topological polar surface area (TPSA) is 253 Å². The minimum atomic E-state index is -0.859. The highest BCUT2D eigenvalue weighted by Gasteiger charge is 2.45. The monoisotopic (exact) mass is 1060 g/mol. The van der Waals surface area contributed by atoms with E-state index in [1.54, 1.807) is 42.5 Å². The summed E-state index contributed by atoms with van der Waals surface area (Å²) in [6.45, 7) is 9.85. The molecule has 1 saturated carbocycles. The molecule has 6 aliphatic rings. The van der Waals surface area contributed by atoms with Crippen molar-refractivity contribution in [3.63, 3.8) is 0 Å². The number of fused-ring (bicyclic) bond motifs is 2. The fraction of sp³-hybridized carbons (Fsp3) is 0.517. The van der Waals surface area contributed by atoms with Crippen LogP contribution in [0.4, 0.5) is 23.0 Å². The van der Waals surface area contributed by atoms with Crippen molar-refractivity contribution >= 4 is 40.7 Å². The number of hydrogen-bond acceptors (Lipinski definition) is 17. The number of amides is 3. The minimum Gasteiger partial charge on any atom is -0.507 e. The van der Waals surface area contributed by atoms with Crippen LogP contribution in [0.5, 0.6) is 11.6 Å². The van der Waals surface area contributed by atoms with Gasteiger partial charge >= 0.3 is 0 Å². The molecule has 78 heavy (non-hydrogen) atoms. The standard InChI is InChI=1S/C58H70N12O8/c1-34(2)54(58(75)69-33-42(71)25-49(69)56(73)62-35(3)37-10-8-36(30-59)9-11-37)51-29-52(65-78-51)66-20-15-38(16-21-66)57(74)67-22-17-43(18-23-67)76-44-26-45(27-44)77-53-24-39(14-19-61-53)70-40-12-13-41(70)32-68(31-40)48-28-47(63-64-55(48)60)46-6-4-5-7-50(46)72/h4-11,14,19,24,28-29,34-35,38,40-45,49,54,71-72H,12-13,15-18,20-23,25-27,31-33H2,1-3H3,(H2,60,64)(H,62,73)/t35-,40?,41?,42+,44?,45?,49-,54+/m0/s1. The number of pyridine rings is 1. The lowest BCUT2D eigenvalue weighted by atomic mass is 9.91. The summed E-state index contributed by atoms with van der Waals surface area (Å²) in [5, 5.41) is 46.2. The highest BCUT2D eigenvalue weighted by molar-refractivity contribution is 5.91. The molecule has 11 rings (SSSR count). The summed E-state index contributed by atoms with van der Waals surface area (Å²) in [5.74, 6) is 0.674. The van der Waals surface area contributed by atoms with E-state index in [1.807, 2.05) is 50.1 Å². The SMILES string of the molecule is CC(C)[C@@H](C(=O)N1C[C@H](O)C[C@H]1C(=O)N[C@@H](C)c1ccc(C#N)cc1)c1cc(N2CCC(C(=O)N3CCC(OC4CC(Oc5cc(N6C7CCC6CN(c6cc(-c8ccccc8O)nnc6N)C7)ccn5)C4)CC3)CC2)no1. The predicted octanol–water partition coefficient (Wildman–Crippen LogP) is 5.96. The number of rotatable bonds is 15. The summed E-state index contributed by atoms with van der Waals surface area (Å²) in [7, 11) is 0. The van der Waals surface area contributed by atoms with Crippen molar-refractivity contribution in [1.29, 1.82) is 5.26 Å². The van der Waals surface area contributed by atoms with Gasteiger partial charge in [0.25, 0.3) is 0 Å². The molecule has 3 aromatic heterocycles. The number of ether oxygens (including phenoxy) is 2. The molecular weight excluding hydrogens is 993 g/mol. The Labute approximate surface area is 454 Å². The normalized spacial score (nSPS) is 24.4. The first-order valence-corrected chi connectivity index (χ1v) is 27.8. The second-order valence-electron chi connectivity index (χ2n) is 22.5. The van der Waals surface area contributed by atoms with Gasteiger partial charge in [0.05, 0.1) is 47.4 Å². The number of β-amino-alcohol motifs (C(OH)–C–C–N with tert-alkyl or cyclic N) is 1. The van der Waals surface area contributed by atoms with Gasteiger partial charge in [-0.3, -0.25) is 14.4 Å². The van der Waals surface area contributed by atoms with Crippen molar-refractivity contribution in [2.45, 2.75) is 133 Å². The molecule has 20 heteroatoms. The molecule has 2 aromatic carbocycles. The van der Waals surface area contributed by atoms with E-state index in [0.29, 0.717) is 79.1 Å². The molecule has 2 unspecified atom stereocenters. The molecule has 0 spiro atoms. The van der Waals surface area contributed by atoms with E-state index in [9.17, 15) is 24.6 Å². The van der Waals surface area contributed by atoms with E-state index in [-0.39, 0.29) is 84.7 Å². The number of nitrogen functional groups attached to an aromatic ring is 1. The van der Waals surface area contributed by atoms with Gasteiger partial charge in [0, 0.05) is 113 Å². The summed E-state index contributed by atoms with van der Waals surface area (Å²) >= 11 is 0. The second kappa shape index (κ2) is 22.5. The first-order valence-electron chi connectivity index (χ1n) is 27.8. The first kappa shape index (κ1) is 52.5. The van der Waals surface area contributed by atoms with Crippen LogP contribution >= 0.6 is 0 Å². The number of likely N-dealkylation sites (tertiary alicyclic amines) is 2. The number of phenols is 1. The van der Waals surface area contributed by atoms with Gasteiger partial charge in [-0.25, -0.2) is 4.98 Å². The Morgan fingerprint density at radius 2 is 1.56 bits per heavy atom. The summed E-state index contributed by atoms with van der Waals surface area (Å²) < 4.78 is 18.8. The Morgan fingerprint density at radius 3 is 2.27 bits per heavy atom. The number of aromatic hydroxyl groups is 1. The van der Waals surface area contributed by atoms with Crippen LogP contribution in [-0.4, -0.2) is 146 Å². The molecule has 5 N–H and O–H groups in total. The van der Waals surface area contributed by atoms with Gasteiger partial charge in [-0.05, 0) is 93.3 Å². The molecule has 1 aliphatic carbocycles. The molecule has 6 fully saturated rings. The predicted molar refractivity (Wildman–Crippen MR) is 290 cm³/mol. The number of aliphatic hydroxyl groups is 1. The van der Waals surface area contributed by atoms with Gasteiger partial charge in [-0.1, -0.05) is 43.3 Å². The van der Waals surface area contributed by atoms with E-state index >= 15 is 0 Å². The van der Waals surface area contributed by atoms with Crippen molar-refractivity contribution in [2.24, 2.45) is 11.8 Å². The number of nitrogens with one attached hydrogen (secondary N) is 1. The number of nitriles is 1. The van der Waals surface area contributed by atoms with Crippen LogP contribution in [0.3, 0.4) is 0 Å². The number of piperidine rings is 2. The van der Waals surface area contributed by atoms with Crippen molar-refractivity contribution < 1.29 is 38.6 Å². The molecular formula is C58H70N12O8. The zero-order chi connectivity index (χ0) is 54.2. The number of phenolic OH excluding ortho intramolecular Hbond substituents is 1. The van der Waals surface area contributed by atoms with Gasteiger partial charge in [-0.2, -0.15) is 5.26 Å². The van der Waals surface area contributed by atoms with Gasteiger partial charge in [0.15, 0.2) is 17.4 Å². The van der Waals surface area contributed by atoms with Crippen LogP contribution < -0.4 is 30.5 Å². The maximum atomic E-state index is 14.3. The van der Waals surface area contributed by atoms with Crippen LogP contribution in [0.2, 0.25) is 0 Å². The number of hydrogen-bond donors (Lipinski definition) is 4. The highest BCUT2D eigenvalue weighted by Crippen LogP contribution is 2.41. The van der Waals surface area contributed by atoms with Crippen LogP contribution in [0.25, 0.3) is 11.3 Å². The minimum absolute atomic E-state index is 0.0251. The third-order valence-electron chi connectivity index (χ3n) is 17.0. The van der Waals surface area contributed by atoms with Crippen molar-refractivity contribution in [1.82, 2.24) is 35.5 Å². The number of nitrogens with two attached hydrogens (primary N) is 1. The van der Waals surface area contributed by atoms with Gasteiger partial charge in [-0.15, -0.1) is 10.2 Å². The second-order valence-corrected chi connectivity index (χ2v) is 22.5. The lowest BCUT2D eigenvalue weighted by molar-refractivity contribution is -0.142. The van der Waals surface area contributed by atoms with Gasteiger partial charge in [0.2, 0.25) is 23.6 Å². The average molecular weight is 1060 g/mol. The summed E-state index contributed by atoms with van der Waals surface area (Å²) in [6, 6.07) is 23.4. The molecule has 6 atom stereocenters. The average Bonchev–Trinajstić information content (AvgIpc) is 4.31. The zero-order valence-electron chi connectivity index (χ0n) is 44.6. The van der Waals surface area contributed by atoms with E-state index in [2.05, 4.69) is 58.6 Å². The molecule has 5 aromatic rings. The smallest absolute Gasteiger partial charge is 0.243 e. The van der Waals surface area contributed by atoms with E-state index in [1.165, 1.54) is 4.90 Å². The maximum absolute atomic E-state index is 14.3. The Balaban J connectivity index is 0.609. The molecule has 8 heterocycles. The number of nitrogens with zero attached hydrogens (tertiary/aromatic N) is 10. The van der Waals surface area contributed by atoms with Crippen LogP contribution in [-0.2, 0) is 19.1 Å². The number of benzene rings is 2. The molecule has 5 saturated heterocycles. The molecule has 20 nitrogen and oxygen atoms in total. The Kier molecular flexibility index (Phi) is 15.1. The Hall–Kier alpha value is -7.50. The number of para-hydroxylation sites is 1. The largest absolute Gasteiger partial charge is 0.507 e. The van der Waals surface area contributed by atoms with E-state index < -0.39 is 18.1 Å². The number of aliphatic hydroxyl groups excluding tert-OH is 1. The number of aromatic nitrogens is 4. The summed E-state index contributed by atoms with van der Waals surface area (Å²) in [4.78, 5) is 56.7. The summed E-state index contributed by atoms with van der Waals surface area (Å²) in [6.07, 6.45) is 7.98. The number of carbonyl (C=O) groups excluding carboxylic acids is 3. The zero-order valence-corrected chi connectivity index (χ0v) is 44.6. The van der Waals surface area contributed by atoms with Gasteiger partial charge < -0.3 is 59.8 Å².